The van der Waals surface area contributed by atoms with E-state index in [0.717, 1.165) is 17.7 Å². The molecule has 0 aliphatic rings. The van der Waals surface area contributed by atoms with Gasteiger partial charge in [-0.15, -0.1) is 0 Å². The molecule has 0 amide bonds. The first-order valence-corrected chi connectivity index (χ1v) is 3.35. The lowest BCUT2D eigenvalue weighted by atomic mass is 10.1. The van der Waals surface area contributed by atoms with Gasteiger partial charge < -0.3 is 5.11 Å². The summed E-state index contributed by atoms with van der Waals surface area (Å²) in [4.78, 5) is 0. The lowest BCUT2D eigenvalue weighted by Gasteiger charge is -1.99. The smallest absolute Gasteiger partial charge is 0.109 e. The maximum atomic E-state index is 8.66. The maximum absolute atomic E-state index is 8.66. The molecule has 0 saturated heterocycles. The second-order valence-electron chi connectivity index (χ2n) is 2.13. The molecule has 0 atom stereocenters. The van der Waals surface area contributed by atoms with Crippen LogP contribution in [0.25, 0.3) is 0 Å². The van der Waals surface area contributed by atoms with E-state index in [1.54, 1.807) is 12.1 Å². The fourth-order valence-corrected chi connectivity index (χ4v) is 0.931. The number of aliphatic hydroxyl groups excluding tert-OH is 1. The van der Waals surface area contributed by atoms with E-state index in [4.69, 9.17) is 16.7 Å². The zero-order valence-corrected chi connectivity index (χ0v) is 6.39. The minimum absolute atomic E-state index is 0.644. The fourth-order valence-electron chi connectivity index (χ4n) is 0.750. The Labute approximate surface area is 65.3 Å². The summed E-state index contributed by atoms with van der Waals surface area (Å²) in [5.74, 6) is 0. The first-order chi connectivity index (χ1) is 4.74. The molecule has 1 N–H and O–H groups in total. The average Bonchev–Trinajstić information content (AvgIpc) is 1.94. The number of hydrogen-bond acceptors (Lipinski definition) is 1. The van der Waals surface area contributed by atoms with Gasteiger partial charge in [0.05, 0.1) is 0 Å². The van der Waals surface area contributed by atoms with Crippen molar-refractivity contribution in [2.45, 2.75) is 6.92 Å². The Kier molecular flexibility index (Phi) is 2.30. The van der Waals surface area contributed by atoms with E-state index >= 15 is 0 Å². The summed E-state index contributed by atoms with van der Waals surface area (Å²) in [5.41, 5.74) is 1.79. The van der Waals surface area contributed by atoms with Gasteiger partial charge in [0.25, 0.3) is 0 Å². The Morgan fingerprint density at radius 1 is 1.50 bits per heavy atom. The Hall–Kier alpha value is -0.530. The summed E-state index contributed by atoms with van der Waals surface area (Å²) in [5, 5.41) is 9.30. The van der Waals surface area contributed by atoms with Gasteiger partial charge in [-0.1, -0.05) is 17.7 Å². The van der Waals surface area contributed by atoms with Crippen LogP contribution in [0, 0.1) is 13.5 Å². The fraction of sp³-hybridized carbons (Fsp3) is 0.125. The van der Waals surface area contributed by atoms with Gasteiger partial charge in [-0.3, -0.25) is 0 Å². The second-order valence-corrected chi connectivity index (χ2v) is 2.57. The summed E-state index contributed by atoms with van der Waals surface area (Å²) in [6.07, 6.45) is 0. The Balaban J connectivity index is 3.09. The van der Waals surface area contributed by atoms with Gasteiger partial charge in [-0.25, -0.2) is 0 Å². The minimum atomic E-state index is 0.644. The molecule has 1 aromatic rings. The van der Waals surface area contributed by atoms with Crippen molar-refractivity contribution in [1.29, 1.82) is 0 Å². The number of aryl methyl sites for hydroxylation is 1. The lowest BCUT2D eigenvalue weighted by molar-refractivity contribution is 0.414. The molecular weight excluding hydrogens is 148 g/mol. The van der Waals surface area contributed by atoms with E-state index in [0.29, 0.717) is 5.02 Å². The molecule has 1 aromatic carbocycles. The molecule has 0 spiro atoms. The van der Waals surface area contributed by atoms with Crippen LogP contribution in [0.5, 0.6) is 0 Å². The third-order valence-electron chi connectivity index (χ3n) is 1.38. The summed E-state index contributed by atoms with van der Waals surface area (Å²) in [7, 11) is 0. The third-order valence-corrected chi connectivity index (χ3v) is 1.62. The molecule has 1 nitrogen and oxygen atoms in total. The number of hydrogen-bond donors (Lipinski definition) is 1. The molecule has 0 aliphatic heterocycles. The van der Waals surface area contributed by atoms with Crippen molar-refractivity contribution < 1.29 is 5.11 Å². The number of halogens is 1. The first-order valence-electron chi connectivity index (χ1n) is 2.97. The van der Waals surface area contributed by atoms with Gasteiger partial charge in [0, 0.05) is 5.02 Å². The van der Waals surface area contributed by atoms with Crippen molar-refractivity contribution >= 4 is 11.6 Å². The first kappa shape index (κ1) is 7.58. The summed E-state index contributed by atoms with van der Waals surface area (Å²) in [6.45, 7) is 2.97. The van der Waals surface area contributed by atoms with Crippen LogP contribution in [0.1, 0.15) is 11.1 Å². The molecule has 10 heavy (non-hydrogen) atoms. The summed E-state index contributed by atoms with van der Waals surface area (Å²) in [6, 6.07) is 5.38. The van der Waals surface area contributed by atoms with Crippen LogP contribution in [-0.4, -0.2) is 5.11 Å². The van der Waals surface area contributed by atoms with E-state index in [1.807, 2.05) is 13.0 Å². The van der Waals surface area contributed by atoms with Crippen LogP contribution in [0.4, 0.5) is 0 Å². The van der Waals surface area contributed by atoms with E-state index in [1.165, 1.54) is 0 Å². The number of benzene rings is 1. The van der Waals surface area contributed by atoms with Gasteiger partial charge in [0.15, 0.2) is 0 Å². The second kappa shape index (κ2) is 3.04. The molecule has 1 radical (unpaired) electrons. The van der Waals surface area contributed by atoms with Crippen LogP contribution in [0.3, 0.4) is 0 Å². The normalized spacial score (nSPS) is 9.90. The molecule has 53 valence electrons. The van der Waals surface area contributed by atoms with Gasteiger partial charge in [-0.05, 0) is 30.2 Å². The van der Waals surface area contributed by atoms with Gasteiger partial charge in [0.2, 0.25) is 0 Å². The maximum Gasteiger partial charge on any atom is 0.109 e. The largest absolute Gasteiger partial charge is 0.385 e. The highest BCUT2D eigenvalue weighted by atomic mass is 35.5. The summed E-state index contributed by atoms with van der Waals surface area (Å²) >= 11 is 5.66. The highest BCUT2D eigenvalue weighted by Gasteiger charge is 1.96. The SMILES string of the molecule is Cc1ccc(Cl)cc1[CH]O. The third kappa shape index (κ3) is 1.49. The molecule has 0 aromatic heterocycles. The Morgan fingerprint density at radius 2 is 2.20 bits per heavy atom. The van der Waals surface area contributed by atoms with Crippen molar-refractivity contribution in [2.24, 2.45) is 0 Å². The van der Waals surface area contributed by atoms with Gasteiger partial charge >= 0.3 is 0 Å². The Bertz CT molecular complexity index is 233. The highest BCUT2D eigenvalue weighted by Crippen LogP contribution is 2.15. The Morgan fingerprint density at radius 3 is 2.70 bits per heavy atom. The zero-order valence-electron chi connectivity index (χ0n) is 5.63. The van der Waals surface area contributed by atoms with Crippen LogP contribution in [0.15, 0.2) is 18.2 Å². The molecule has 0 saturated carbocycles. The topological polar surface area (TPSA) is 20.2 Å². The molecule has 0 aliphatic carbocycles. The van der Waals surface area contributed by atoms with E-state index in [9.17, 15) is 0 Å². The molecule has 0 fully saturated rings. The number of rotatable bonds is 1. The van der Waals surface area contributed by atoms with E-state index in [2.05, 4.69) is 0 Å². The van der Waals surface area contributed by atoms with Crippen LogP contribution >= 0.6 is 11.6 Å². The van der Waals surface area contributed by atoms with Crippen molar-refractivity contribution in [3.05, 3.63) is 41.0 Å². The minimum Gasteiger partial charge on any atom is -0.385 e. The van der Waals surface area contributed by atoms with Crippen LogP contribution in [-0.2, 0) is 0 Å². The van der Waals surface area contributed by atoms with Crippen molar-refractivity contribution in [1.82, 2.24) is 0 Å². The van der Waals surface area contributed by atoms with Gasteiger partial charge in [-0.2, -0.15) is 0 Å². The van der Waals surface area contributed by atoms with Crippen molar-refractivity contribution in [3.8, 4) is 0 Å². The monoisotopic (exact) mass is 155 g/mol. The van der Waals surface area contributed by atoms with Gasteiger partial charge in [0.1, 0.15) is 6.61 Å². The van der Waals surface area contributed by atoms with Crippen LogP contribution < -0.4 is 0 Å². The summed E-state index contributed by atoms with van der Waals surface area (Å²) < 4.78 is 0. The molecule has 1 rings (SSSR count). The van der Waals surface area contributed by atoms with Crippen molar-refractivity contribution in [2.75, 3.05) is 0 Å². The van der Waals surface area contributed by atoms with Crippen LogP contribution in [0.2, 0.25) is 5.02 Å². The molecule has 2 heteroatoms. The standard InChI is InChI=1S/C8H8ClO/c1-6-2-3-8(9)4-7(6)5-10/h2-5,10H,1H3. The molecule has 0 bridgehead atoms. The quantitative estimate of drug-likeness (QED) is 0.661. The number of aliphatic hydroxyl groups is 1. The predicted octanol–water partition coefficient (Wildman–Crippen LogP) is 2.53. The van der Waals surface area contributed by atoms with E-state index in [-0.39, 0.29) is 0 Å². The average molecular weight is 156 g/mol. The van der Waals surface area contributed by atoms with E-state index < -0.39 is 0 Å². The zero-order chi connectivity index (χ0) is 7.56. The predicted molar refractivity (Wildman–Crippen MR) is 41.5 cm³/mol. The molecule has 0 unspecified atom stereocenters. The molecular formula is C8H8ClO. The van der Waals surface area contributed by atoms with Crippen molar-refractivity contribution in [3.63, 3.8) is 0 Å². The highest BCUT2D eigenvalue weighted by molar-refractivity contribution is 6.30. The molecule has 0 heterocycles. The lowest BCUT2D eigenvalue weighted by Crippen LogP contribution is -1.84.